The van der Waals surface area contributed by atoms with Gasteiger partial charge in [0.15, 0.2) is 17.0 Å². The third-order valence-electron chi connectivity index (χ3n) is 1.38. The summed E-state index contributed by atoms with van der Waals surface area (Å²) < 4.78 is 37.0. The second kappa shape index (κ2) is 3.79. The van der Waals surface area contributed by atoms with Crippen molar-refractivity contribution in [3.63, 3.8) is 0 Å². The lowest BCUT2D eigenvalue weighted by atomic mass is 10.3. The molecule has 0 saturated heterocycles. The zero-order valence-electron chi connectivity index (χ0n) is 6.38. The molecular weight excluding hydrogens is 225 g/mol. The zero-order valence-corrected chi connectivity index (χ0v) is 7.13. The van der Waals surface area contributed by atoms with E-state index in [0.717, 1.165) is 0 Å². The first-order valence-electron chi connectivity index (χ1n) is 3.21. The van der Waals surface area contributed by atoms with E-state index in [4.69, 9.17) is 11.6 Å². The average molecular weight is 227 g/mol. The summed E-state index contributed by atoms with van der Waals surface area (Å²) in [6, 6.07) is 0. The molecule has 1 aromatic heterocycles. The first-order valence-corrected chi connectivity index (χ1v) is 3.59. The van der Waals surface area contributed by atoms with Gasteiger partial charge in [-0.2, -0.15) is 0 Å². The van der Waals surface area contributed by atoms with E-state index in [2.05, 4.69) is 4.98 Å². The van der Waals surface area contributed by atoms with Gasteiger partial charge in [-0.25, -0.2) is 13.2 Å². The molecule has 0 aliphatic carbocycles. The lowest BCUT2D eigenvalue weighted by Crippen LogP contribution is -1.99. The predicted molar refractivity (Wildman–Crippen MR) is 40.8 cm³/mol. The highest BCUT2D eigenvalue weighted by molar-refractivity contribution is 6.32. The Morgan fingerprint density at radius 1 is 1.57 bits per heavy atom. The Morgan fingerprint density at radius 2 is 2.14 bits per heavy atom. The van der Waals surface area contributed by atoms with Crippen molar-refractivity contribution < 1.29 is 18.1 Å². The number of pyridine rings is 1. The van der Waals surface area contributed by atoms with E-state index in [-0.39, 0.29) is 0 Å². The van der Waals surface area contributed by atoms with Crippen molar-refractivity contribution in [3.8, 4) is 0 Å². The molecule has 76 valence electrons. The number of aromatic nitrogens is 1. The number of hydrogen-bond donors (Lipinski definition) is 0. The van der Waals surface area contributed by atoms with E-state index < -0.39 is 33.6 Å². The van der Waals surface area contributed by atoms with Crippen LogP contribution in [-0.2, 0) is 0 Å². The molecule has 0 N–H and O–H groups in total. The Bertz CT molecular complexity index is 386. The van der Waals surface area contributed by atoms with Crippen LogP contribution in [-0.4, -0.2) is 9.91 Å². The van der Waals surface area contributed by atoms with Crippen molar-refractivity contribution in [2.75, 3.05) is 0 Å². The van der Waals surface area contributed by atoms with Crippen LogP contribution >= 0.6 is 11.6 Å². The summed E-state index contributed by atoms with van der Waals surface area (Å²) in [5.74, 6) is -2.49. The van der Waals surface area contributed by atoms with Gasteiger partial charge in [-0.3, -0.25) is 0 Å². The van der Waals surface area contributed by atoms with Crippen molar-refractivity contribution in [2.45, 2.75) is 6.43 Å². The summed E-state index contributed by atoms with van der Waals surface area (Å²) in [5, 5.41) is 9.15. The molecule has 0 spiro atoms. The minimum Gasteiger partial charge on any atom is -0.358 e. The lowest BCUT2D eigenvalue weighted by molar-refractivity contribution is -0.389. The summed E-state index contributed by atoms with van der Waals surface area (Å²) in [6.07, 6.45) is -2.72. The summed E-state index contributed by atoms with van der Waals surface area (Å²) in [5.41, 5.74) is -1.06. The van der Waals surface area contributed by atoms with Crippen molar-refractivity contribution >= 4 is 17.4 Å². The third-order valence-corrected chi connectivity index (χ3v) is 1.71. The molecule has 0 atom stereocenters. The Labute approximate surface area is 80.5 Å². The Kier molecular flexibility index (Phi) is 2.90. The first-order chi connectivity index (χ1) is 6.45. The van der Waals surface area contributed by atoms with Crippen molar-refractivity contribution in [3.05, 3.63) is 32.7 Å². The van der Waals surface area contributed by atoms with Crippen LogP contribution in [0.4, 0.5) is 19.0 Å². The molecule has 0 aromatic carbocycles. The topological polar surface area (TPSA) is 56.0 Å². The number of nitro groups is 1. The largest absolute Gasteiger partial charge is 0.385 e. The fourth-order valence-corrected chi connectivity index (χ4v) is 0.975. The molecule has 14 heavy (non-hydrogen) atoms. The first kappa shape index (κ1) is 10.7. The zero-order chi connectivity index (χ0) is 10.9. The highest BCUT2D eigenvalue weighted by atomic mass is 35.5. The lowest BCUT2D eigenvalue weighted by Gasteiger charge is -2.01. The van der Waals surface area contributed by atoms with Gasteiger partial charge in [0.1, 0.15) is 0 Å². The van der Waals surface area contributed by atoms with Crippen LogP contribution < -0.4 is 0 Å². The van der Waals surface area contributed by atoms with Crippen LogP contribution in [0, 0.1) is 15.9 Å². The molecule has 1 rings (SSSR count). The summed E-state index contributed by atoms with van der Waals surface area (Å²) >= 11 is 5.12. The van der Waals surface area contributed by atoms with E-state index >= 15 is 0 Å². The third kappa shape index (κ3) is 1.77. The molecule has 0 bridgehead atoms. The minimum absolute atomic E-state index is 0.393. The highest BCUT2D eigenvalue weighted by Gasteiger charge is 2.25. The maximum atomic E-state index is 12.9. The molecule has 8 heteroatoms. The maximum absolute atomic E-state index is 12.9. The molecule has 0 aliphatic heterocycles. The molecule has 0 amide bonds. The van der Waals surface area contributed by atoms with E-state index in [0.29, 0.717) is 6.20 Å². The van der Waals surface area contributed by atoms with Gasteiger partial charge in [-0.05, 0) is 9.91 Å². The fraction of sp³-hybridized carbons (Fsp3) is 0.167. The quantitative estimate of drug-likeness (QED) is 0.575. The van der Waals surface area contributed by atoms with Gasteiger partial charge in [0.25, 0.3) is 6.43 Å². The van der Waals surface area contributed by atoms with Gasteiger partial charge < -0.3 is 10.1 Å². The van der Waals surface area contributed by atoms with Crippen LogP contribution in [0.2, 0.25) is 5.02 Å². The predicted octanol–water partition coefficient (Wildman–Crippen LogP) is 2.72. The molecule has 1 aromatic rings. The summed E-state index contributed by atoms with van der Waals surface area (Å²) in [4.78, 5) is 12.1. The van der Waals surface area contributed by atoms with Crippen LogP contribution in [0.3, 0.4) is 0 Å². The molecule has 4 nitrogen and oxygen atoms in total. The second-order valence-corrected chi connectivity index (χ2v) is 2.60. The van der Waals surface area contributed by atoms with Gasteiger partial charge in [-0.15, -0.1) is 0 Å². The van der Waals surface area contributed by atoms with Crippen molar-refractivity contribution in [2.24, 2.45) is 0 Å². The monoisotopic (exact) mass is 226 g/mol. The average Bonchev–Trinajstić information content (AvgIpc) is 2.08. The van der Waals surface area contributed by atoms with E-state index in [9.17, 15) is 23.3 Å². The molecule has 0 radical (unpaired) electrons. The number of nitrogens with zero attached hydrogens (tertiary/aromatic N) is 2. The van der Waals surface area contributed by atoms with Crippen LogP contribution in [0.5, 0.6) is 0 Å². The Morgan fingerprint density at radius 3 is 2.57 bits per heavy atom. The smallest absolute Gasteiger partial charge is 0.358 e. The summed E-state index contributed by atoms with van der Waals surface area (Å²) in [7, 11) is 0. The maximum Gasteiger partial charge on any atom is 0.385 e. The SMILES string of the molecule is O=[N+]([O-])c1ncc(C(F)F)c(F)c1Cl. The Balaban J connectivity index is 3.33. The normalized spacial score (nSPS) is 10.6. The molecule has 0 saturated carbocycles. The number of alkyl halides is 2. The van der Waals surface area contributed by atoms with E-state index in [1.807, 2.05) is 0 Å². The number of halogens is 4. The minimum atomic E-state index is -3.11. The van der Waals surface area contributed by atoms with Crippen LogP contribution in [0.25, 0.3) is 0 Å². The van der Waals surface area contributed by atoms with Crippen LogP contribution in [0.1, 0.15) is 12.0 Å². The number of hydrogen-bond acceptors (Lipinski definition) is 3. The molecule has 0 fully saturated rings. The van der Waals surface area contributed by atoms with Crippen molar-refractivity contribution in [1.29, 1.82) is 0 Å². The molecule has 0 aliphatic rings. The number of rotatable bonds is 2. The van der Waals surface area contributed by atoms with Gasteiger partial charge in [-0.1, -0.05) is 11.6 Å². The highest BCUT2D eigenvalue weighted by Crippen LogP contribution is 2.31. The van der Waals surface area contributed by atoms with E-state index in [1.165, 1.54) is 0 Å². The molecule has 1 heterocycles. The van der Waals surface area contributed by atoms with Crippen LogP contribution in [0.15, 0.2) is 6.20 Å². The van der Waals surface area contributed by atoms with Gasteiger partial charge in [0.2, 0.25) is 0 Å². The summed E-state index contributed by atoms with van der Waals surface area (Å²) in [6.45, 7) is 0. The standard InChI is InChI=1S/C6H2ClF3N2O2/c7-3-4(8)2(5(9)10)1-11-6(3)12(13)14/h1,5H. The van der Waals surface area contributed by atoms with Gasteiger partial charge in [0.05, 0.1) is 5.56 Å². The fourth-order valence-electron chi connectivity index (χ4n) is 0.748. The van der Waals surface area contributed by atoms with Gasteiger partial charge in [0, 0.05) is 0 Å². The van der Waals surface area contributed by atoms with Crippen molar-refractivity contribution in [1.82, 2.24) is 4.98 Å². The van der Waals surface area contributed by atoms with Gasteiger partial charge >= 0.3 is 5.82 Å². The molecule has 0 unspecified atom stereocenters. The Hall–Kier alpha value is -1.37. The van der Waals surface area contributed by atoms with E-state index in [1.54, 1.807) is 0 Å². The molecular formula is C6H2ClF3N2O2. The second-order valence-electron chi connectivity index (χ2n) is 2.22.